The number of aryl methyl sites for hydroxylation is 1. The van der Waals surface area contributed by atoms with Gasteiger partial charge in [0.1, 0.15) is 24.7 Å². The van der Waals surface area contributed by atoms with Gasteiger partial charge in [-0.05, 0) is 42.8 Å². The molecule has 0 spiro atoms. The monoisotopic (exact) mass is 407 g/mol. The van der Waals surface area contributed by atoms with Crippen molar-refractivity contribution in [1.29, 1.82) is 0 Å². The van der Waals surface area contributed by atoms with Gasteiger partial charge in [-0.15, -0.1) is 0 Å². The number of rotatable bonds is 8. The van der Waals surface area contributed by atoms with Gasteiger partial charge in [-0.25, -0.2) is 4.39 Å². The zero-order chi connectivity index (χ0) is 21.5. The molecule has 1 amide bonds. The Bertz CT molecular complexity index is 1020. The Hall–Kier alpha value is -3.67. The molecule has 0 atom stereocenters. The second-order valence-corrected chi connectivity index (χ2v) is 6.95. The normalized spacial score (nSPS) is 10.5. The molecule has 0 aliphatic carbocycles. The second-order valence-electron chi connectivity index (χ2n) is 6.95. The number of nitrogens with zero attached hydrogens (tertiary/aromatic N) is 1. The van der Waals surface area contributed by atoms with Gasteiger partial charge in [0.25, 0.3) is 5.91 Å². The van der Waals surface area contributed by atoms with Crippen LogP contribution in [0.3, 0.4) is 0 Å². The van der Waals surface area contributed by atoms with Crippen molar-refractivity contribution in [3.8, 4) is 5.75 Å². The molecule has 5 nitrogen and oxygen atoms in total. The van der Waals surface area contributed by atoms with E-state index in [0.29, 0.717) is 16.9 Å². The molecule has 0 saturated heterocycles. The van der Waals surface area contributed by atoms with E-state index < -0.39 is 18.4 Å². The van der Waals surface area contributed by atoms with E-state index in [4.69, 9.17) is 4.74 Å². The topological polar surface area (TPSA) is 66.8 Å². The van der Waals surface area contributed by atoms with Crippen LogP contribution >= 0.6 is 0 Å². The first-order valence-corrected chi connectivity index (χ1v) is 9.45. The summed E-state index contributed by atoms with van der Waals surface area (Å²) in [5, 5.41) is 9.20. The number of halogens is 1. The minimum Gasteiger partial charge on any atom is -0.489 e. The molecule has 0 fully saturated rings. The molecule has 0 aromatic heterocycles. The number of carbonyl (C=O) groups excluding carboxylic acids is 1. The number of hydrogen-bond acceptors (Lipinski definition) is 3. The molecule has 6 heteroatoms. The zero-order valence-corrected chi connectivity index (χ0v) is 16.5. The predicted molar refractivity (Wildman–Crippen MR) is 111 cm³/mol. The fourth-order valence-electron chi connectivity index (χ4n) is 2.93. The van der Waals surface area contributed by atoms with Crippen molar-refractivity contribution in [2.24, 2.45) is 0 Å². The Morgan fingerprint density at radius 2 is 1.63 bits per heavy atom. The van der Waals surface area contributed by atoms with Gasteiger partial charge in [0.05, 0.1) is 0 Å². The molecule has 3 aromatic carbocycles. The van der Waals surface area contributed by atoms with Crippen LogP contribution in [0, 0.1) is 12.7 Å². The molecule has 3 aromatic rings. The minimum atomic E-state index is -1.08. The average molecular weight is 407 g/mol. The standard InChI is InChI=1S/C24H22FNO4/c1-17-6-8-18(9-7-17)14-26(15-23(27)28)24(29)19-10-12-21(13-11-19)30-16-20-4-2-3-5-22(20)25/h2-13H,14-16H2,1H3,(H,27,28). The quantitative estimate of drug-likeness (QED) is 0.600. The highest BCUT2D eigenvalue weighted by molar-refractivity contribution is 5.95. The fourth-order valence-corrected chi connectivity index (χ4v) is 2.93. The van der Waals surface area contributed by atoms with E-state index in [-0.39, 0.29) is 19.0 Å². The number of carbonyl (C=O) groups is 2. The Balaban J connectivity index is 1.68. The van der Waals surface area contributed by atoms with Gasteiger partial charge >= 0.3 is 5.97 Å². The van der Waals surface area contributed by atoms with Crippen LogP contribution in [-0.4, -0.2) is 28.4 Å². The maximum atomic E-state index is 13.7. The van der Waals surface area contributed by atoms with Gasteiger partial charge in [0.15, 0.2) is 0 Å². The number of ether oxygens (including phenoxy) is 1. The number of aliphatic carboxylic acids is 1. The average Bonchev–Trinajstić information content (AvgIpc) is 2.74. The highest BCUT2D eigenvalue weighted by Crippen LogP contribution is 2.18. The van der Waals surface area contributed by atoms with Crippen LogP contribution in [0.25, 0.3) is 0 Å². The van der Waals surface area contributed by atoms with Crippen LogP contribution < -0.4 is 4.74 Å². The third kappa shape index (κ3) is 5.67. The summed E-state index contributed by atoms with van der Waals surface area (Å²) in [6, 6.07) is 20.3. The van der Waals surface area contributed by atoms with Crippen LogP contribution in [0.4, 0.5) is 4.39 Å². The molecular formula is C24H22FNO4. The lowest BCUT2D eigenvalue weighted by atomic mass is 10.1. The van der Waals surface area contributed by atoms with E-state index in [0.717, 1.165) is 11.1 Å². The van der Waals surface area contributed by atoms with Crippen LogP contribution in [0.2, 0.25) is 0 Å². The molecule has 0 bridgehead atoms. The maximum absolute atomic E-state index is 13.7. The van der Waals surface area contributed by atoms with Crippen LogP contribution in [0.15, 0.2) is 72.8 Å². The lowest BCUT2D eigenvalue weighted by Gasteiger charge is -2.21. The Labute approximate surface area is 174 Å². The molecule has 0 aliphatic heterocycles. The van der Waals surface area contributed by atoms with Crippen molar-refractivity contribution in [3.63, 3.8) is 0 Å². The summed E-state index contributed by atoms with van der Waals surface area (Å²) in [6.45, 7) is 1.81. The van der Waals surface area contributed by atoms with E-state index in [9.17, 15) is 19.1 Å². The summed E-state index contributed by atoms with van der Waals surface area (Å²) < 4.78 is 19.3. The highest BCUT2D eigenvalue weighted by atomic mass is 19.1. The lowest BCUT2D eigenvalue weighted by molar-refractivity contribution is -0.137. The first-order chi connectivity index (χ1) is 14.4. The number of hydrogen-bond donors (Lipinski definition) is 1. The van der Waals surface area contributed by atoms with Crippen molar-refractivity contribution in [3.05, 3.63) is 101 Å². The van der Waals surface area contributed by atoms with Gasteiger partial charge in [-0.1, -0.05) is 48.0 Å². The third-order valence-corrected chi connectivity index (χ3v) is 4.56. The molecule has 0 saturated carbocycles. The molecule has 0 radical (unpaired) electrons. The smallest absolute Gasteiger partial charge is 0.323 e. The van der Waals surface area contributed by atoms with Crippen molar-refractivity contribution >= 4 is 11.9 Å². The number of carboxylic acid groups (broad SMARTS) is 1. The van der Waals surface area contributed by atoms with E-state index in [2.05, 4.69) is 0 Å². The Morgan fingerprint density at radius 1 is 0.967 bits per heavy atom. The number of carboxylic acids is 1. The van der Waals surface area contributed by atoms with E-state index >= 15 is 0 Å². The van der Waals surface area contributed by atoms with Crippen molar-refractivity contribution in [1.82, 2.24) is 4.90 Å². The molecular weight excluding hydrogens is 385 g/mol. The van der Waals surface area contributed by atoms with Crippen molar-refractivity contribution < 1.29 is 23.8 Å². The van der Waals surface area contributed by atoms with Gasteiger partial charge in [0, 0.05) is 17.7 Å². The van der Waals surface area contributed by atoms with Gasteiger partial charge in [0.2, 0.25) is 0 Å². The summed E-state index contributed by atoms with van der Waals surface area (Å²) in [5.74, 6) is -1.33. The Kier molecular flexibility index (Phi) is 6.80. The summed E-state index contributed by atoms with van der Waals surface area (Å²) >= 11 is 0. The number of amides is 1. The third-order valence-electron chi connectivity index (χ3n) is 4.56. The first kappa shape index (κ1) is 21.0. The lowest BCUT2D eigenvalue weighted by Crippen LogP contribution is -2.35. The van der Waals surface area contributed by atoms with Gasteiger partial charge in [-0.2, -0.15) is 0 Å². The molecule has 1 N–H and O–H groups in total. The van der Waals surface area contributed by atoms with E-state index in [1.165, 1.54) is 11.0 Å². The van der Waals surface area contributed by atoms with Gasteiger partial charge in [-0.3, -0.25) is 9.59 Å². The molecule has 3 rings (SSSR count). The zero-order valence-electron chi connectivity index (χ0n) is 16.5. The molecule has 154 valence electrons. The van der Waals surface area contributed by atoms with E-state index in [1.54, 1.807) is 42.5 Å². The van der Waals surface area contributed by atoms with Crippen LogP contribution in [-0.2, 0) is 17.9 Å². The summed E-state index contributed by atoms with van der Waals surface area (Å²) in [7, 11) is 0. The summed E-state index contributed by atoms with van der Waals surface area (Å²) in [6.07, 6.45) is 0. The van der Waals surface area contributed by atoms with Crippen LogP contribution in [0.1, 0.15) is 27.0 Å². The SMILES string of the molecule is Cc1ccc(CN(CC(=O)O)C(=O)c2ccc(OCc3ccccc3F)cc2)cc1. The van der Waals surface area contributed by atoms with Gasteiger partial charge < -0.3 is 14.7 Å². The predicted octanol–water partition coefficient (Wildman–Crippen LogP) is 4.44. The highest BCUT2D eigenvalue weighted by Gasteiger charge is 2.19. The Morgan fingerprint density at radius 3 is 2.27 bits per heavy atom. The first-order valence-electron chi connectivity index (χ1n) is 9.45. The minimum absolute atomic E-state index is 0.0680. The summed E-state index contributed by atoms with van der Waals surface area (Å²) in [5.41, 5.74) is 2.71. The largest absolute Gasteiger partial charge is 0.489 e. The molecule has 0 heterocycles. The summed E-state index contributed by atoms with van der Waals surface area (Å²) in [4.78, 5) is 25.4. The fraction of sp³-hybridized carbons (Fsp3) is 0.167. The molecule has 0 unspecified atom stereocenters. The van der Waals surface area contributed by atoms with Crippen LogP contribution in [0.5, 0.6) is 5.75 Å². The maximum Gasteiger partial charge on any atom is 0.323 e. The van der Waals surface area contributed by atoms with Crippen molar-refractivity contribution in [2.45, 2.75) is 20.1 Å². The molecule has 0 aliphatic rings. The second kappa shape index (κ2) is 9.69. The van der Waals surface area contributed by atoms with E-state index in [1.807, 2.05) is 31.2 Å². The number of benzene rings is 3. The van der Waals surface area contributed by atoms with Crippen molar-refractivity contribution in [2.75, 3.05) is 6.54 Å². The molecule has 30 heavy (non-hydrogen) atoms.